The Hall–Kier alpha value is -3.24. The number of carbonyl (C=O) groups excluding carboxylic acids is 3. The summed E-state index contributed by atoms with van der Waals surface area (Å²) in [6.07, 6.45) is 1.70. The van der Waals surface area contributed by atoms with Crippen molar-refractivity contribution in [1.82, 2.24) is 15.4 Å². The molecule has 2 heterocycles. The van der Waals surface area contributed by atoms with Gasteiger partial charge in [0, 0.05) is 45.7 Å². The first-order valence-electron chi connectivity index (χ1n) is 11.4. The van der Waals surface area contributed by atoms with Crippen molar-refractivity contribution in [3.63, 3.8) is 0 Å². The Bertz CT molecular complexity index is 942. The molecule has 1 saturated heterocycles. The average molecular weight is 473 g/mol. The fraction of sp³-hybridized carbons (Fsp3) is 0.500. The molecule has 2 unspecified atom stereocenters. The normalized spacial score (nSPS) is 16.1. The van der Waals surface area contributed by atoms with E-state index in [4.69, 9.17) is 14.0 Å². The van der Waals surface area contributed by atoms with Crippen LogP contribution in [-0.4, -0.2) is 67.3 Å². The van der Waals surface area contributed by atoms with Crippen LogP contribution in [0.4, 0.5) is 5.82 Å². The van der Waals surface area contributed by atoms with Gasteiger partial charge >= 0.3 is 0 Å². The first-order chi connectivity index (χ1) is 16.5. The molecule has 0 bridgehead atoms. The van der Waals surface area contributed by atoms with Crippen molar-refractivity contribution >= 4 is 23.5 Å². The average Bonchev–Trinajstić information content (AvgIpc) is 3.51. The van der Waals surface area contributed by atoms with Gasteiger partial charge in [0.05, 0.1) is 12.7 Å². The van der Waals surface area contributed by atoms with E-state index in [1.807, 2.05) is 30.3 Å². The minimum absolute atomic E-state index is 0.0210. The van der Waals surface area contributed by atoms with E-state index in [1.165, 1.54) is 12.0 Å². The number of methoxy groups -OCH3 is 1. The van der Waals surface area contributed by atoms with E-state index in [-0.39, 0.29) is 49.8 Å². The quantitative estimate of drug-likeness (QED) is 0.485. The molecule has 1 fully saturated rings. The summed E-state index contributed by atoms with van der Waals surface area (Å²) < 4.78 is 15.7. The second-order valence-electron chi connectivity index (χ2n) is 8.14. The Kier molecular flexibility index (Phi) is 9.60. The van der Waals surface area contributed by atoms with Crippen LogP contribution < -0.4 is 10.6 Å². The monoisotopic (exact) mass is 472 g/mol. The van der Waals surface area contributed by atoms with Gasteiger partial charge < -0.3 is 29.5 Å². The molecular weight excluding hydrogens is 440 g/mol. The predicted octanol–water partition coefficient (Wildman–Crippen LogP) is 2.21. The number of ether oxygens (including phenoxy) is 2. The van der Waals surface area contributed by atoms with E-state index < -0.39 is 6.04 Å². The number of aryl methyl sites for hydroxylation is 1. The molecule has 0 spiro atoms. The van der Waals surface area contributed by atoms with Crippen molar-refractivity contribution in [1.29, 1.82) is 0 Å². The lowest BCUT2D eigenvalue weighted by atomic mass is 10.0. The minimum atomic E-state index is -0.855. The molecule has 1 aliphatic heterocycles. The molecule has 34 heavy (non-hydrogen) atoms. The van der Waals surface area contributed by atoms with E-state index in [2.05, 4.69) is 15.8 Å². The molecule has 0 saturated carbocycles. The number of amides is 3. The van der Waals surface area contributed by atoms with Crippen molar-refractivity contribution in [3.05, 3.63) is 47.7 Å². The number of hydrogen-bond donors (Lipinski definition) is 2. The molecule has 0 aliphatic carbocycles. The molecule has 10 heteroatoms. The number of rotatable bonds is 12. The molecule has 1 aliphatic rings. The van der Waals surface area contributed by atoms with Crippen LogP contribution >= 0.6 is 0 Å². The fourth-order valence-corrected chi connectivity index (χ4v) is 3.81. The maximum absolute atomic E-state index is 13.3. The summed E-state index contributed by atoms with van der Waals surface area (Å²) in [6.45, 7) is 3.24. The van der Waals surface area contributed by atoms with Crippen molar-refractivity contribution in [2.45, 2.75) is 44.8 Å². The summed E-state index contributed by atoms with van der Waals surface area (Å²) in [7, 11) is 1.53. The van der Waals surface area contributed by atoms with Gasteiger partial charge in [-0.2, -0.15) is 0 Å². The summed E-state index contributed by atoms with van der Waals surface area (Å²) in [5, 5.41) is 9.26. The van der Waals surface area contributed by atoms with Gasteiger partial charge in [-0.05, 0) is 25.3 Å². The smallest absolute Gasteiger partial charge is 0.247 e. The van der Waals surface area contributed by atoms with Crippen molar-refractivity contribution < 1.29 is 28.4 Å². The number of benzene rings is 1. The summed E-state index contributed by atoms with van der Waals surface area (Å²) in [5.74, 6) is -0.135. The number of nitrogens with zero attached hydrogens (tertiary/aromatic N) is 2. The molecule has 3 amide bonds. The first-order valence-corrected chi connectivity index (χ1v) is 11.4. The number of anilines is 1. The van der Waals surface area contributed by atoms with Crippen molar-refractivity contribution in [2.75, 3.05) is 38.7 Å². The highest BCUT2D eigenvalue weighted by Crippen LogP contribution is 2.23. The third-order valence-corrected chi connectivity index (χ3v) is 5.52. The van der Waals surface area contributed by atoms with Crippen LogP contribution in [-0.2, 0) is 23.9 Å². The molecule has 10 nitrogen and oxygen atoms in total. The van der Waals surface area contributed by atoms with Crippen LogP contribution in [0, 0.1) is 6.92 Å². The van der Waals surface area contributed by atoms with Crippen LogP contribution in [0.1, 0.15) is 43.0 Å². The van der Waals surface area contributed by atoms with Crippen molar-refractivity contribution in [2.24, 2.45) is 0 Å². The van der Waals surface area contributed by atoms with E-state index in [0.717, 1.165) is 12.8 Å². The van der Waals surface area contributed by atoms with Gasteiger partial charge in [-0.25, -0.2) is 0 Å². The maximum atomic E-state index is 13.3. The van der Waals surface area contributed by atoms with Crippen LogP contribution in [0.25, 0.3) is 0 Å². The molecule has 0 radical (unpaired) electrons. The number of nitrogens with one attached hydrogen (secondary N) is 2. The van der Waals surface area contributed by atoms with Gasteiger partial charge in [-0.1, -0.05) is 35.5 Å². The molecule has 2 atom stereocenters. The zero-order valence-electron chi connectivity index (χ0n) is 19.6. The summed E-state index contributed by atoms with van der Waals surface area (Å²) in [5.41, 5.74) is 0.680. The van der Waals surface area contributed by atoms with E-state index in [9.17, 15) is 14.4 Å². The Balaban J connectivity index is 1.70. The Morgan fingerprint density at radius 1 is 1.24 bits per heavy atom. The zero-order chi connectivity index (χ0) is 24.3. The summed E-state index contributed by atoms with van der Waals surface area (Å²) in [6, 6.07) is 9.85. The highest BCUT2D eigenvalue weighted by molar-refractivity contribution is 5.94. The standard InChI is InChI=1S/C24H32N4O6/c1-17-15-20(27-34-17)26-21(29)10-11-22(30)28(12-14-32-2)23(18-7-4-3-5-8-18)24(31)25-16-19-9-6-13-33-19/h3-5,7-8,15,19,23H,6,9-14,16H2,1-2H3,(H,25,31)(H,26,27,29). The molecule has 2 aromatic rings. The lowest BCUT2D eigenvalue weighted by Crippen LogP contribution is -2.46. The number of aromatic nitrogens is 1. The van der Waals surface area contributed by atoms with Crippen LogP contribution in [0.5, 0.6) is 0 Å². The second-order valence-corrected chi connectivity index (χ2v) is 8.14. The van der Waals surface area contributed by atoms with Gasteiger partial charge in [0.2, 0.25) is 17.7 Å². The van der Waals surface area contributed by atoms with Crippen LogP contribution in [0.2, 0.25) is 0 Å². The lowest BCUT2D eigenvalue weighted by Gasteiger charge is -2.31. The highest BCUT2D eigenvalue weighted by Gasteiger charge is 2.32. The largest absolute Gasteiger partial charge is 0.383 e. The SMILES string of the molecule is COCCN(C(=O)CCC(=O)Nc1cc(C)on1)C(C(=O)NCC1CCCO1)c1ccccc1. The van der Waals surface area contributed by atoms with Crippen LogP contribution in [0.3, 0.4) is 0 Å². The van der Waals surface area contributed by atoms with Gasteiger partial charge in [0.15, 0.2) is 5.82 Å². The number of carbonyl (C=O) groups is 3. The fourth-order valence-electron chi connectivity index (χ4n) is 3.81. The molecular formula is C24H32N4O6. The minimum Gasteiger partial charge on any atom is -0.383 e. The third-order valence-electron chi connectivity index (χ3n) is 5.52. The topological polar surface area (TPSA) is 123 Å². The Labute approximate surface area is 198 Å². The summed E-state index contributed by atoms with van der Waals surface area (Å²) >= 11 is 0. The Morgan fingerprint density at radius 2 is 2.03 bits per heavy atom. The zero-order valence-corrected chi connectivity index (χ0v) is 19.6. The van der Waals surface area contributed by atoms with Gasteiger partial charge in [0.1, 0.15) is 11.8 Å². The number of hydrogen-bond acceptors (Lipinski definition) is 7. The van der Waals surface area contributed by atoms with Gasteiger partial charge in [-0.15, -0.1) is 0 Å². The summed E-state index contributed by atoms with van der Waals surface area (Å²) in [4.78, 5) is 40.3. The molecule has 1 aromatic carbocycles. The maximum Gasteiger partial charge on any atom is 0.247 e. The first kappa shape index (κ1) is 25.4. The van der Waals surface area contributed by atoms with E-state index in [1.54, 1.807) is 13.0 Å². The molecule has 2 N–H and O–H groups in total. The van der Waals surface area contributed by atoms with Crippen molar-refractivity contribution in [3.8, 4) is 0 Å². The second kappa shape index (κ2) is 12.9. The molecule has 184 valence electrons. The van der Waals surface area contributed by atoms with E-state index in [0.29, 0.717) is 30.3 Å². The third kappa shape index (κ3) is 7.39. The molecule has 3 rings (SSSR count). The van der Waals surface area contributed by atoms with E-state index >= 15 is 0 Å². The predicted molar refractivity (Wildman–Crippen MR) is 124 cm³/mol. The van der Waals surface area contributed by atoms with Gasteiger partial charge in [0.25, 0.3) is 0 Å². The molecule has 1 aromatic heterocycles. The highest BCUT2D eigenvalue weighted by atomic mass is 16.5. The van der Waals surface area contributed by atoms with Gasteiger partial charge in [-0.3, -0.25) is 14.4 Å². The lowest BCUT2D eigenvalue weighted by molar-refractivity contribution is -0.142. The van der Waals surface area contributed by atoms with Crippen LogP contribution in [0.15, 0.2) is 40.9 Å². The Morgan fingerprint density at radius 3 is 2.68 bits per heavy atom.